The van der Waals surface area contributed by atoms with E-state index in [1.165, 1.54) is 41.0 Å². The van der Waals surface area contributed by atoms with Crippen molar-refractivity contribution < 1.29 is 22.3 Å². The average Bonchev–Trinajstić information content (AvgIpc) is 3.17. The van der Waals surface area contributed by atoms with Crippen LogP contribution < -0.4 is 15.4 Å². The van der Waals surface area contributed by atoms with E-state index in [2.05, 4.69) is 15.6 Å². The number of anilines is 2. The number of nitrogens with one attached hydrogen (secondary N) is 2. The van der Waals surface area contributed by atoms with Crippen molar-refractivity contribution >= 4 is 38.2 Å². The molecular weight excluding hydrogens is 455 g/mol. The van der Waals surface area contributed by atoms with Gasteiger partial charge in [-0.3, -0.25) is 5.32 Å². The van der Waals surface area contributed by atoms with E-state index in [0.29, 0.717) is 35.1 Å². The molecule has 2 heterocycles. The smallest absolute Gasteiger partial charge is 0.325 e. The number of hydrogen-bond donors (Lipinski definition) is 2. The standard InChI is InChI=1S/C21H21FN4O4S2/c1-13-3-4-14(11-17(13)22)23-20(27)25-21-24-18-9-10-26(12-19(18)31-21)32(28,29)16-7-5-15(30-2)6-8-16/h3-8,11H,9-10,12H2,1-2H3,(H2,23,24,25,27). The number of carbonyl (C=O) groups excluding carboxylic acids is 1. The number of sulfonamides is 1. The van der Waals surface area contributed by atoms with Crippen LogP contribution in [-0.2, 0) is 23.0 Å². The first kappa shape index (κ1) is 22.2. The Hall–Kier alpha value is -3.02. The van der Waals surface area contributed by atoms with Gasteiger partial charge >= 0.3 is 6.03 Å². The molecule has 0 saturated heterocycles. The lowest BCUT2D eigenvalue weighted by Crippen LogP contribution is -2.35. The highest BCUT2D eigenvalue weighted by molar-refractivity contribution is 7.89. The van der Waals surface area contributed by atoms with Crippen LogP contribution in [0.1, 0.15) is 16.1 Å². The fourth-order valence-corrected chi connectivity index (χ4v) is 5.77. The number of halogens is 1. The second-order valence-electron chi connectivity index (χ2n) is 7.20. The maximum absolute atomic E-state index is 13.7. The summed E-state index contributed by atoms with van der Waals surface area (Å²) < 4.78 is 46.1. The van der Waals surface area contributed by atoms with Crippen LogP contribution in [0.25, 0.3) is 0 Å². The summed E-state index contributed by atoms with van der Waals surface area (Å²) >= 11 is 1.22. The van der Waals surface area contributed by atoms with Crippen LogP contribution in [0.2, 0.25) is 0 Å². The molecule has 8 nitrogen and oxygen atoms in total. The number of fused-ring (bicyclic) bond motifs is 1. The van der Waals surface area contributed by atoms with E-state index in [9.17, 15) is 17.6 Å². The Bertz CT molecular complexity index is 1260. The lowest BCUT2D eigenvalue weighted by molar-refractivity contribution is 0.262. The predicted molar refractivity (Wildman–Crippen MR) is 120 cm³/mol. The molecule has 32 heavy (non-hydrogen) atoms. The molecule has 1 aliphatic rings. The molecule has 0 bridgehead atoms. The van der Waals surface area contributed by atoms with E-state index in [4.69, 9.17) is 4.74 Å². The second-order valence-corrected chi connectivity index (χ2v) is 10.2. The van der Waals surface area contributed by atoms with Crippen molar-refractivity contribution in [1.82, 2.24) is 9.29 Å². The number of amides is 2. The number of aryl methyl sites for hydroxylation is 1. The fourth-order valence-electron chi connectivity index (χ4n) is 3.26. The molecule has 2 amide bonds. The van der Waals surface area contributed by atoms with Gasteiger partial charge in [0.2, 0.25) is 10.0 Å². The van der Waals surface area contributed by atoms with Crippen LogP contribution in [0, 0.1) is 12.7 Å². The number of thiazole rings is 1. The Balaban J connectivity index is 1.44. The lowest BCUT2D eigenvalue weighted by Gasteiger charge is -2.25. The first-order valence-corrected chi connectivity index (χ1v) is 12.0. The number of aromatic nitrogens is 1. The number of ether oxygens (including phenoxy) is 1. The molecule has 11 heteroatoms. The van der Waals surface area contributed by atoms with Gasteiger partial charge in [-0.05, 0) is 48.9 Å². The molecule has 0 fully saturated rings. The summed E-state index contributed by atoms with van der Waals surface area (Å²) in [5.41, 5.74) is 1.56. The van der Waals surface area contributed by atoms with Gasteiger partial charge in [0.25, 0.3) is 0 Å². The van der Waals surface area contributed by atoms with Gasteiger partial charge in [-0.15, -0.1) is 0 Å². The molecule has 2 aromatic carbocycles. The molecule has 2 N–H and O–H groups in total. The summed E-state index contributed by atoms with van der Waals surface area (Å²) in [5, 5.41) is 5.55. The van der Waals surface area contributed by atoms with Crippen molar-refractivity contribution in [1.29, 1.82) is 0 Å². The lowest BCUT2D eigenvalue weighted by atomic mass is 10.2. The summed E-state index contributed by atoms with van der Waals surface area (Å²) in [4.78, 5) is 17.6. The third kappa shape index (κ3) is 4.59. The summed E-state index contributed by atoms with van der Waals surface area (Å²) in [7, 11) is -2.15. The summed E-state index contributed by atoms with van der Waals surface area (Å²) in [6.45, 7) is 2.10. The third-order valence-electron chi connectivity index (χ3n) is 5.04. The largest absolute Gasteiger partial charge is 0.497 e. The number of methoxy groups -OCH3 is 1. The van der Waals surface area contributed by atoms with Crippen LogP contribution in [0.5, 0.6) is 5.75 Å². The van der Waals surface area contributed by atoms with Gasteiger partial charge in [0, 0.05) is 23.5 Å². The van der Waals surface area contributed by atoms with Crippen molar-refractivity contribution in [2.75, 3.05) is 24.3 Å². The van der Waals surface area contributed by atoms with Gasteiger partial charge in [0.05, 0.1) is 24.2 Å². The number of nitrogens with zero attached hydrogens (tertiary/aromatic N) is 2. The van der Waals surface area contributed by atoms with Crippen LogP contribution >= 0.6 is 11.3 Å². The molecule has 168 valence electrons. The molecule has 3 aromatic rings. The number of carbonyl (C=O) groups is 1. The van der Waals surface area contributed by atoms with E-state index < -0.39 is 21.9 Å². The average molecular weight is 477 g/mol. The minimum atomic E-state index is -3.67. The molecule has 4 rings (SSSR count). The molecule has 1 aliphatic heterocycles. The van der Waals surface area contributed by atoms with E-state index in [-0.39, 0.29) is 11.4 Å². The molecule has 0 saturated carbocycles. The highest BCUT2D eigenvalue weighted by atomic mass is 32.2. The zero-order valence-corrected chi connectivity index (χ0v) is 19.0. The van der Waals surface area contributed by atoms with E-state index in [1.54, 1.807) is 31.2 Å². The van der Waals surface area contributed by atoms with Gasteiger partial charge in [-0.1, -0.05) is 17.4 Å². The predicted octanol–water partition coefficient (Wildman–Crippen LogP) is 3.99. The number of urea groups is 1. The Morgan fingerprint density at radius 1 is 1.19 bits per heavy atom. The maximum Gasteiger partial charge on any atom is 0.325 e. The third-order valence-corrected chi connectivity index (χ3v) is 7.90. The van der Waals surface area contributed by atoms with E-state index in [0.717, 1.165) is 10.6 Å². The monoisotopic (exact) mass is 476 g/mol. The Morgan fingerprint density at radius 2 is 1.94 bits per heavy atom. The maximum atomic E-state index is 13.7. The van der Waals surface area contributed by atoms with Crippen LogP contribution in [0.15, 0.2) is 47.4 Å². The van der Waals surface area contributed by atoms with Crippen molar-refractivity contribution in [2.24, 2.45) is 0 Å². The molecule has 1 aromatic heterocycles. The summed E-state index contributed by atoms with van der Waals surface area (Å²) in [6.07, 6.45) is 0.438. The SMILES string of the molecule is COc1ccc(S(=O)(=O)N2CCc3nc(NC(=O)Nc4ccc(C)c(F)c4)sc3C2)cc1. The van der Waals surface area contributed by atoms with Crippen molar-refractivity contribution in [3.05, 3.63) is 64.4 Å². The van der Waals surface area contributed by atoms with Crippen LogP contribution in [0.3, 0.4) is 0 Å². The summed E-state index contributed by atoms with van der Waals surface area (Å²) in [6, 6.07) is 10.1. The highest BCUT2D eigenvalue weighted by Gasteiger charge is 2.30. The Morgan fingerprint density at radius 3 is 2.62 bits per heavy atom. The number of hydrogen-bond acceptors (Lipinski definition) is 6. The Labute approximate surface area is 189 Å². The van der Waals surface area contributed by atoms with Crippen LogP contribution in [0.4, 0.5) is 20.0 Å². The molecule has 0 radical (unpaired) electrons. The molecule has 0 atom stereocenters. The molecule has 0 spiro atoms. The minimum Gasteiger partial charge on any atom is -0.497 e. The van der Waals surface area contributed by atoms with Gasteiger partial charge < -0.3 is 10.1 Å². The second kappa shape index (κ2) is 8.85. The number of rotatable bonds is 5. The molecule has 0 unspecified atom stereocenters. The number of benzene rings is 2. The molecule has 0 aliphatic carbocycles. The van der Waals surface area contributed by atoms with E-state index >= 15 is 0 Å². The zero-order valence-electron chi connectivity index (χ0n) is 17.4. The Kier molecular flexibility index (Phi) is 6.13. The minimum absolute atomic E-state index is 0.174. The van der Waals surface area contributed by atoms with Gasteiger partial charge in [0.1, 0.15) is 11.6 Å². The first-order valence-electron chi connectivity index (χ1n) is 9.73. The van der Waals surface area contributed by atoms with Crippen molar-refractivity contribution in [3.8, 4) is 5.75 Å². The zero-order chi connectivity index (χ0) is 22.9. The first-order chi connectivity index (χ1) is 15.3. The van der Waals surface area contributed by atoms with Gasteiger partial charge in [-0.25, -0.2) is 22.6 Å². The highest BCUT2D eigenvalue weighted by Crippen LogP contribution is 2.31. The van der Waals surface area contributed by atoms with Crippen molar-refractivity contribution in [2.45, 2.75) is 24.8 Å². The van der Waals surface area contributed by atoms with Gasteiger partial charge in [0.15, 0.2) is 5.13 Å². The quantitative estimate of drug-likeness (QED) is 0.580. The van der Waals surface area contributed by atoms with Crippen LogP contribution in [-0.4, -0.2) is 37.4 Å². The van der Waals surface area contributed by atoms with Gasteiger partial charge in [-0.2, -0.15) is 4.31 Å². The molecular formula is C21H21FN4O4S2. The fraction of sp³-hybridized carbons (Fsp3) is 0.238. The van der Waals surface area contributed by atoms with Crippen molar-refractivity contribution in [3.63, 3.8) is 0 Å². The van der Waals surface area contributed by atoms with E-state index in [1.807, 2.05) is 0 Å². The topological polar surface area (TPSA) is 101 Å². The summed E-state index contributed by atoms with van der Waals surface area (Å²) in [5.74, 6) is 0.167. The normalized spacial score (nSPS) is 14.0.